The molecule has 0 saturated carbocycles. The molecule has 0 spiro atoms. The lowest BCUT2D eigenvalue weighted by Gasteiger charge is -2.26. The Kier molecular flexibility index (Phi) is 5.01. The van der Waals surface area contributed by atoms with Crippen molar-refractivity contribution in [3.8, 4) is 0 Å². The van der Waals surface area contributed by atoms with Crippen LogP contribution in [-0.2, 0) is 22.5 Å². The molecule has 1 saturated heterocycles. The number of hydrogen-bond donors (Lipinski definition) is 1. The van der Waals surface area contributed by atoms with E-state index in [4.69, 9.17) is 4.74 Å². The Bertz CT molecular complexity index is 850. The largest absolute Gasteiger partial charge is 0.368 e. The van der Waals surface area contributed by atoms with Gasteiger partial charge >= 0.3 is 0 Å². The Morgan fingerprint density at radius 1 is 1.38 bits per heavy atom. The minimum atomic E-state index is -0.377. The van der Waals surface area contributed by atoms with Gasteiger partial charge < -0.3 is 9.64 Å². The number of nitrogens with zero attached hydrogens (tertiary/aromatic N) is 3. The first kappa shape index (κ1) is 17.6. The highest BCUT2D eigenvalue weighted by Crippen LogP contribution is 2.29. The maximum absolute atomic E-state index is 12.7. The van der Waals surface area contributed by atoms with E-state index in [9.17, 15) is 9.59 Å². The number of aromatic nitrogens is 2. The predicted octanol–water partition coefficient (Wildman–Crippen LogP) is 2.62. The van der Waals surface area contributed by atoms with E-state index in [1.54, 1.807) is 23.4 Å². The molecule has 7 nitrogen and oxygen atoms in total. The van der Waals surface area contributed by atoms with Crippen LogP contribution < -0.4 is 5.32 Å². The van der Waals surface area contributed by atoms with E-state index < -0.39 is 0 Å². The van der Waals surface area contributed by atoms with Gasteiger partial charge in [-0.05, 0) is 34.8 Å². The van der Waals surface area contributed by atoms with Gasteiger partial charge in [0.05, 0.1) is 17.8 Å². The van der Waals surface area contributed by atoms with E-state index in [1.807, 2.05) is 0 Å². The minimum Gasteiger partial charge on any atom is -0.368 e. The summed E-state index contributed by atoms with van der Waals surface area (Å²) in [6.07, 6.45) is 5.18. The number of carbonyl (C=O) groups excluding carboxylic acids is 2. The van der Waals surface area contributed by atoms with Gasteiger partial charge in [0.1, 0.15) is 6.10 Å². The summed E-state index contributed by atoms with van der Waals surface area (Å²) in [4.78, 5) is 36.2. The number of halogens is 1. The standard InChI is InChI=1S/C17H17BrN4O3S/c18-11-6-10(7-19-8-11)16(24)22-4-3-12-14(9-22)26-17(20-12)21-15(23)13-2-1-5-25-13/h6-8,13H,1-5,9H2,(H,20,21,23). The van der Waals surface area contributed by atoms with Gasteiger partial charge in [0.25, 0.3) is 11.8 Å². The normalized spacial score (nSPS) is 19.3. The molecule has 0 aromatic carbocycles. The number of fused-ring (bicyclic) bond motifs is 1. The van der Waals surface area contributed by atoms with Crippen LogP contribution in [0, 0.1) is 0 Å². The number of anilines is 1. The van der Waals surface area contributed by atoms with Crippen molar-refractivity contribution in [1.29, 1.82) is 0 Å². The van der Waals surface area contributed by atoms with Crippen molar-refractivity contribution in [2.45, 2.75) is 31.9 Å². The third kappa shape index (κ3) is 3.65. The summed E-state index contributed by atoms with van der Waals surface area (Å²) in [5, 5.41) is 3.43. The van der Waals surface area contributed by atoms with Crippen LogP contribution in [0.4, 0.5) is 5.13 Å². The molecule has 0 bridgehead atoms. The van der Waals surface area contributed by atoms with Crippen LogP contribution in [0.15, 0.2) is 22.9 Å². The van der Waals surface area contributed by atoms with E-state index in [2.05, 4.69) is 31.2 Å². The summed E-state index contributed by atoms with van der Waals surface area (Å²) in [5.41, 5.74) is 1.51. The van der Waals surface area contributed by atoms with Gasteiger partial charge in [-0.3, -0.25) is 19.9 Å². The quantitative estimate of drug-likeness (QED) is 0.798. The fraction of sp³-hybridized carbons (Fsp3) is 0.412. The number of ether oxygens (including phenoxy) is 1. The molecular formula is C17H17BrN4O3S. The molecular weight excluding hydrogens is 420 g/mol. The van der Waals surface area contributed by atoms with Gasteiger partial charge in [-0.1, -0.05) is 11.3 Å². The molecule has 1 unspecified atom stereocenters. The second kappa shape index (κ2) is 7.42. The number of pyridine rings is 1. The second-order valence-electron chi connectivity index (χ2n) is 6.25. The molecule has 26 heavy (non-hydrogen) atoms. The number of rotatable bonds is 3. The van der Waals surface area contributed by atoms with Gasteiger partial charge in [0, 0.05) is 41.3 Å². The third-order valence-corrected chi connectivity index (χ3v) is 5.85. The van der Waals surface area contributed by atoms with E-state index in [0.29, 0.717) is 36.8 Å². The van der Waals surface area contributed by atoms with Crippen LogP contribution in [0.3, 0.4) is 0 Å². The fourth-order valence-electron chi connectivity index (χ4n) is 3.10. The zero-order valence-electron chi connectivity index (χ0n) is 13.9. The van der Waals surface area contributed by atoms with Crippen molar-refractivity contribution in [3.05, 3.63) is 39.1 Å². The molecule has 2 aliphatic rings. The molecule has 2 aromatic heterocycles. The van der Waals surface area contributed by atoms with Crippen molar-refractivity contribution in [1.82, 2.24) is 14.9 Å². The van der Waals surface area contributed by atoms with Gasteiger partial charge in [0.15, 0.2) is 5.13 Å². The summed E-state index contributed by atoms with van der Waals surface area (Å²) in [6, 6.07) is 1.77. The molecule has 4 rings (SSSR count). The van der Waals surface area contributed by atoms with Crippen molar-refractivity contribution in [3.63, 3.8) is 0 Å². The van der Waals surface area contributed by atoms with Crippen molar-refractivity contribution in [2.24, 2.45) is 0 Å². The summed E-state index contributed by atoms with van der Waals surface area (Å²) in [7, 11) is 0. The Balaban J connectivity index is 1.44. The molecule has 9 heteroatoms. The van der Waals surface area contributed by atoms with E-state index in [1.165, 1.54) is 11.3 Å². The summed E-state index contributed by atoms with van der Waals surface area (Å²) in [5.74, 6) is -0.190. The topological polar surface area (TPSA) is 84.4 Å². The van der Waals surface area contributed by atoms with E-state index >= 15 is 0 Å². The Morgan fingerprint density at radius 3 is 3.04 bits per heavy atom. The van der Waals surface area contributed by atoms with E-state index in [0.717, 1.165) is 27.9 Å². The van der Waals surface area contributed by atoms with Crippen LogP contribution in [-0.4, -0.2) is 45.9 Å². The number of carbonyl (C=O) groups is 2. The van der Waals surface area contributed by atoms with Crippen molar-refractivity contribution >= 4 is 44.2 Å². The smallest absolute Gasteiger partial charge is 0.255 e. The van der Waals surface area contributed by atoms with Crippen LogP contribution in [0.25, 0.3) is 0 Å². The lowest BCUT2D eigenvalue weighted by molar-refractivity contribution is -0.124. The summed E-state index contributed by atoms with van der Waals surface area (Å²) < 4.78 is 6.17. The van der Waals surface area contributed by atoms with Gasteiger partial charge in [-0.2, -0.15) is 0 Å². The Labute approximate surface area is 162 Å². The highest BCUT2D eigenvalue weighted by Gasteiger charge is 2.28. The van der Waals surface area contributed by atoms with Gasteiger partial charge in [0.2, 0.25) is 0 Å². The van der Waals surface area contributed by atoms with Gasteiger partial charge in [-0.25, -0.2) is 4.98 Å². The van der Waals surface area contributed by atoms with Crippen LogP contribution in [0.1, 0.15) is 33.8 Å². The summed E-state index contributed by atoms with van der Waals surface area (Å²) >= 11 is 4.77. The molecule has 2 amide bonds. The average molecular weight is 437 g/mol. The zero-order valence-corrected chi connectivity index (χ0v) is 16.3. The molecule has 4 heterocycles. The highest BCUT2D eigenvalue weighted by atomic mass is 79.9. The van der Waals surface area contributed by atoms with Crippen LogP contribution in [0.2, 0.25) is 0 Å². The number of amides is 2. The van der Waals surface area contributed by atoms with Crippen molar-refractivity contribution in [2.75, 3.05) is 18.5 Å². The molecule has 136 valence electrons. The zero-order chi connectivity index (χ0) is 18.1. The first-order valence-electron chi connectivity index (χ1n) is 8.41. The Morgan fingerprint density at radius 2 is 2.27 bits per heavy atom. The lowest BCUT2D eigenvalue weighted by atomic mass is 10.1. The molecule has 1 atom stereocenters. The highest BCUT2D eigenvalue weighted by molar-refractivity contribution is 9.10. The molecule has 0 aliphatic carbocycles. The summed E-state index contributed by atoms with van der Waals surface area (Å²) in [6.45, 7) is 1.73. The second-order valence-corrected chi connectivity index (χ2v) is 8.25. The fourth-order valence-corrected chi connectivity index (χ4v) is 4.50. The lowest BCUT2D eigenvalue weighted by Crippen LogP contribution is -2.35. The first-order valence-corrected chi connectivity index (χ1v) is 10.0. The maximum Gasteiger partial charge on any atom is 0.255 e. The third-order valence-electron chi connectivity index (χ3n) is 4.42. The predicted molar refractivity (Wildman–Crippen MR) is 100 cm³/mol. The van der Waals surface area contributed by atoms with Crippen molar-refractivity contribution < 1.29 is 14.3 Å². The monoisotopic (exact) mass is 436 g/mol. The number of thiazole rings is 1. The SMILES string of the molecule is O=C(Nc1nc2c(s1)CN(C(=O)c1cncc(Br)c1)CC2)C1CCCO1. The van der Waals surface area contributed by atoms with Crippen LogP contribution >= 0.6 is 27.3 Å². The van der Waals surface area contributed by atoms with Gasteiger partial charge in [-0.15, -0.1) is 0 Å². The molecule has 1 N–H and O–H groups in total. The molecule has 0 radical (unpaired) electrons. The molecule has 1 fully saturated rings. The molecule has 2 aliphatic heterocycles. The van der Waals surface area contributed by atoms with E-state index in [-0.39, 0.29) is 17.9 Å². The minimum absolute atomic E-state index is 0.0530. The Hall–Kier alpha value is -1.84. The first-order chi connectivity index (χ1) is 12.6. The maximum atomic E-state index is 12.7. The van der Waals surface area contributed by atoms with Crippen LogP contribution in [0.5, 0.6) is 0 Å². The average Bonchev–Trinajstić information content (AvgIpc) is 3.29. The molecule has 2 aromatic rings. The number of hydrogen-bond acceptors (Lipinski definition) is 6. The number of nitrogens with one attached hydrogen (secondary N) is 1.